The Labute approximate surface area is 97.4 Å². The van der Waals surface area contributed by atoms with Crippen LogP contribution in [-0.4, -0.2) is 14.5 Å². The number of H-pyrrole nitrogens is 1. The number of rotatable bonds is 1. The molecule has 1 N–H and O–H groups in total. The number of aromatic nitrogens is 3. The van der Waals surface area contributed by atoms with Gasteiger partial charge in [-0.15, -0.1) is 0 Å². The molecular weight excluding hydrogens is 218 g/mol. The highest BCUT2D eigenvalue weighted by Crippen LogP contribution is 2.17. The minimum absolute atomic E-state index is 0.667. The number of nitrogens with zero attached hydrogens (tertiary/aromatic N) is 2. The third-order valence-corrected chi connectivity index (χ3v) is 2.75. The first kappa shape index (κ1) is 9.30. The monoisotopic (exact) mass is 227 g/mol. The third-order valence-electron chi connectivity index (χ3n) is 2.47. The molecule has 0 spiro atoms. The zero-order valence-electron chi connectivity index (χ0n) is 8.42. The van der Waals surface area contributed by atoms with Gasteiger partial charge < -0.3 is 4.98 Å². The molecule has 0 aliphatic carbocycles. The quantitative estimate of drug-likeness (QED) is 0.648. The van der Waals surface area contributed by atoms with Gasteiger partial charge in [0.25, 0.3) is 0 Å². The lowest BCUT2D eigenvalue weighted by Crippen LogP contribution is -1.95. The molecule has 3 aromatic rings. The molecule has 0 radical (unpaired) electrons. The first-order valence-corrected chi connectivity index (χ1v) is 5.38. The fraction of sp³-hybridized carbons (Fsp3) is 0. The zero-order valence-corrected chi connectivity index (χ0v) is 9.24. The number of para-hydroxylation sites is 2. The van der Waals surface area contributed by atoms with Gasteiger partial charge in [0, 0.05) is 6.20 Å². The number of benzene rings is 1. The second-order valence-corrected chi connectivity index (χ2v) is 3.86. The molecular formula is C12H9N3S. The second-order valence-electron chi connectivity index (χ2n) is 3.47. The Hall–Kier alpha value is -1.94. The van der Waals surface area contributed by atoms with Gasteiger partial charge in [-0.2, -0.15) is 0 Å². The van der Waals surface area contributed by atoms with Gasteiger partial charge in [0.2, 0.25) is 0 Å². The van der Waals surface area contributed by atoms with Crippen molar-refractivity contribution in [2.75, 3.05) is 0 Å². The molecule has 0 saturated heterocycles. The van der Waals surface area contributed by atoms with Crippen molar-refractivity contribution >= 4 is 23.3 Å². The van der Waals surface area contributed by atoms with E-state index in [9.17, 15) is 0 Å². The SMILES string of the molecule is S=c1[nH]c2ccccc2n1-c1ccccn1. The molecule has 0 unspecified atom stereocenters. The van der Waals surface area contributed by atoms with Crippen molar-refractivity contribution in [2.24, 2.45) is 0 Å². The lowest BCUT2D eigenvalue weighted by atomic mass is 10.3. The number of hydrogen-bond donors (Lipinski definition) is 1. The van der Waals surface area contributed by atoms with Crippen molar-refractivity contribution in [1.82, 2.24) is 14.5 Å². The van der Waals surface area contributed by atoms with Crippen LogP contribution in [-0.2, 0) is 0 Å². The van der Waals surface area contributed by atoms with E-state index >= 15 is 0 Å². The predicted octanol–water partition coefficient (Wildman–Crippen LogP) is 3.08. The van der Waals surface area contributed by atoms with Crippen LogP contribution in [0, 0.1) is 4.77 Å². The highest BCUT2D eigenvalue weighted by Gasteiger charge is 2.05. The van der Waals surface area contributed by atoms with Crippen molar-refractivity contribution in [2.45, 2.75) is 0 Å². The maximum atomic E-state index is 5.30. The Morgan fingerprint density at radius 3 is 2.69 bits per heavy atom. The normalized spacial score (nSPS) is 10.8. The number of pyridine rings is 1. The van der Waals surface area contributed by atoms with E-state index in [-0.39, 0.29) is 0 Å². The summed E-state index contributed by atoms with van der Waals surface area (Å²) in [5.41, 5.74) is 2.07. The Kier molecular flexibility index (Phi) is 2.08. The summed E-state index contributed by atoms with van der Waals surface area (Å²) in [5.74, 6) is 0.838. The first-order chi connectivity index (χ1) is 7.86. The van der Waals surface area contributed by atoms with E-state index in [0.717, 1.165) is 16.9 Å². The summed E-state index contributed by atoms with van der Waals surface area (Å²) in [6, 6.07) is 13.8. The summed E-state index contributed by atoms with van der Waals surface area (Å²) < 4.78 is 2.60. The minimum atomic E-state index is 0.667. The maximum Gasteiger partial charge on any atom is 0.183 e. The van der Waals surface area contributed by atoms with E-state index in [1.807, 2.05) is 47.0 Å². The van der Waals surface area contributed by atoms with Crippen LogP contribution >= 0.6 is 12.2 Å². The standard InChI is InChI=1S/C12H9N3S/c16-12-14-9-5-1-2-6-10(9)15(12)11-7-3-4-8-13-11/h1-8H,(H,14,16). The van der Waals surface area contributed by atoms with Crippen molar-refractivity contribution in [3.63, 3.8) is 0 Å². The fourth-order valence-corrected chi connectivity index (χ4v) is 2.07. The topological polar surface area (TPSA) is 33.6 Å². The minimum Gasteiger partial charge on any atom is -0.330 e. The lowest BCUT2D eigenvalue weighted by molar-refractivity contribution is 1.00. The molecule has 2 aromatic heterocycles. The van der Waals surface area contributed by atoms with Crippen molar-refractivity contribution in [1.29, 1.82) is 0 Å². The van der Waals surface area contributed by atoms with Gasteiger partial charge in [-0.1, -0.05) is 18.2 Å². The molecule has 0 fully saturated rings. The van der Waals surface area contributed by atoms with Crippen LogP contribution in [0.15, 0.2) is 48.7 Å². The number of imidazole rings is 1. The van der Waals surface area contributed by atoms with Crippen LogP contribution < -0.4 is 0 Å². The average molecular weight is 227 g/mol. The van der Waals surface area contributed by atoms with Crippen molar-refractivity contribution in [3.05, 3.63) is 53.4 Å². The van der Waals surface area contributed by atoms with Crippen LogP contribution in [0.3, 0.4) is 0 Å². The van der Waals surface area contributed by atoms with Crippen molar-refractivity contribution in [3.8, 4) is 5.82 Å². The molecule has 3 rings (SSSR count). The molecule has 78 valence electrons. The lowest BCUT2D eigenvalue weighted by Gasteiger charge is -2.01. The first-order valence-electron chi connectivity index (χ1n) is 4.97. The fourth-order valence-electron chi connectivity index (χ4n) is 1.77. The molecule has 0 atom stereocenters. The molecule has 4 heteroatoms. The van der Waals surface area contributed by atoms with Gasteiger partial charge in [-0.3, -0.25) is 4.57 Å². The number of nitrogens with one attached hydrogen (secondary N) is 1. The van der Waals surface area contributed by atoms with E-state index in [4.69, 9.17) is 12.2 Å². The van der Waals surface area contributed by atoms with Crippen LogP contribution in [0.1, 0.15) is 0 Å². The van der Waals surface area contributed by atoms with Crippen LogP contribution in [0.5, 0.6) is 0 Å². The van der Waals surface area contributed by atoms with Gasteiger partial charge >= 0.3 is 0 Å². The molecule has 3 nitrogen and oxygen atoms in total. The van der Waals surface area contributed by atoms with Gasteiger partial charge in [0.1, 0.15) is 5.82 Å². The van der Waals surface area contributed by atoms with Crippen LogP contribution in [0.25, 0.3) is 16.9 Å². The Morgan fingerprint density at radius 2 is 1.88 bits per heavy atom. The molecule has 16 heavy (non-hydrogen) atoms. The van der Waals surface area contributed by atoms with E-state index in [1.165, 1.54) is 0 Å². The van der Waals surface area contributed by atoms with E-state index in [2.05, 4.69) is 9.97 Å². The molecule has 2 heterocycles. The number of aromatic amines is 1. The summed E-state index contributed by atoms with van der Waals surface area (Å²) in [5, 5.41) is 0. The second kappa shape index (κ2) is 3.57. The smallest absolute Gasteiger partial charge is 0.183 e. The predicted molar refractivity (Wildman–Crippen MR) is 66.3 cm³/mol. The Bertz CT molecular complexity index is 682. The summed E-state index contributed by atoms with van der Waals surface area (Å²) in [6.07, 6.45) is 1.76. The molecule has 0 aliphatic rings. The van der Waals surface area contributed by atoms with Crippen molar-refractivity contribution < 1.29 is 0 Å². The van der Waals surface area contributed by atoms with Gasteiger partial charge in [-0.25, -0.2) is 4.98 Å². The largest absolute Gasteiger partial charge is 0.330 e. The highest BCUT2D eigenvalue weighted by atomic mass is 32.1. The zero-order chi connectivity index (χ0) is 11.0. The van der Waals surface area contributed by atoms with Crippen LogP contribution in [0.2, 0.25) is 0 Å². The van der Waals surface area contributed by atoms with Crippen LogP contribution in [0.4, 0.5) is 0 Å². The Morgan fingerprint density at radius 1 is 1.06 bits per heavy atom. The van der Waals surface area contributed by atoms with E-state index < -0.39 is 0 Å². The number of hydrogen-bond acceptors (Lipinski definition) is 2. The maximum absolute atomic E-state index is 5.30. The van der Waals surface area contributed by atoms with Gasteiger partial charge in [-0.05, 0) is 36.5 Å². The average Bonchev–Trinajstić information content (AvgIpc) is 2.66. The molecule has 0 amide bonds. The van der Waals surface area contributed by atoms with Gasteiger partial charge in [0.05, 0.1) is 11.0 Å². The Balaban J connectivity index is 2.40. The number of fused-ring (bicyclic) bond motifs is 1. The molecule has 0 bridgehead atoms. The summed E-state index contributed by atoms with van der Waals surface area (Å²) in [4.78, 5) is 7.47. The molecule has 1 aromatic carbocycles. The van der Waals surface area contributed by atoms with E-state index in [0.29, 0.717) is 4.77 Å². The van der Waals surface area contributed by atoms with Gasteiger partial charge in [0.15, 0.2) is 4.77 Å². The summed E-state index contributed by atoms with van der Waals surface area (Å²) in [6.45, 7) is 0. The van der Waals surface area contributed by atoms with E-state index in [1.54, 1.807) is 6.20 Å². The highest BCUT2D eigenvalue weighted by molar-refractivity contribution is 7.71. The third kappa shape index (κ3) is 1.35. The summed E-state index contributed by atoms with van der Waals surface area (Å²) in [7, 11) is 0. The summed E-state index contributed by atoms with van der Waals surface area (Å²) >= 11 is 5.30. The molecule has 0 saturated carbocycles. The molecule has 0 aliphatic heterocycles.